The molecule has 0 saturated carbocycles. The summed E-state index contributed by atoms with van der Waals surface area (Å²) >= 11 is 0. The molecule has 130 valence electrons. The fourth-order valence-corrected chi connectivity index (χ4v) is 2.51. The average Bonchev–Trinajstić information content (AvgIpc) is 3.04. The van der Waals surface area contributed by atoms with Crippen molar-refractivity contribution in [3.8, 4) is 5.75 Å². The van der Waals surface area contributed by atoms with Crippen LogP contribution in [0, 0.1) is 6.92 Å². The van der Waals surface area contributed by atoms with E-state index < -0.39 is 0 Å². The normalized spacial score (nSPS) is 10.8. The molecule has 0 spiro atoms. The van der Waals surface area contributed by atoms with Crippen molar-refractivity contribution < 1.29 is 14.3 Å². The molecule has 0 aliphatic rings. The van der Waals surface area contributed by atoms with Crippen LogP contribution in [-0.4, -0.2) is 36.4 Å². The van der Waals surface area contributed by atoms with Crippen LogP contribution >= 0.6 is 0 Å². The number of benzene rings is 2. The van der Waals surface area contributed by atoms with Crippen molar-refractivity contribution in [3.05, 3.63) is 59.3 Å². The Morgan fingerprint density at radius 1 is 1.16 bits per heavy atom. The van der Waals surface area contributed by atoms with E-state index in [4.69, 9.17) is 9.47 Å². The molecule has 6 nitrogen and oxygen atoms in total. The summed E-state index contributed by atoms with van der Waals surface area (Å²) in [6.45, 7) is 3.48. The van der Waals surface area contributed by atoms with Gasteiger partial charge in [-0.3, -0.25) is 9.89 Å². The zero-order chi connectivity index (χ0) is 17.6. The molecular weight excluding hydrogens is 318 g/mol. The summed E-state index contributed by atoms with van der Waals surface area (Å²) in [6, 6.07) is 13.5. The second-order valence-corrected chi connectivity index (χ2v) is 5.79. The first-order valence-electron chi connectivity index (χ1n) is 8.11. The molecule has 2 N–H and O–H groups in total. The van der Waals surface area contributed by atoms with Gasteiger partial charge in [0.2, 0.25) is 0 Å². The number of methoxy groups -OCH3 is 1. The monoisotopic (exact) mass is 339 g/mol. The molecule has 0 fully saturated rings. The smallest absolute Gasteiger partial charge is 0.272 e. The Morgan fingerprint density at radius 2 is 1.96 bits per heavy atom. The Kier molecular flexibility index (Phi) is 5.30. The van der Waals surface area contributed by atoms with Gasteiger partial charge in [-0.1, -0.05) is 23.8 Å². The van der Waals surface area contributed by atoms with Crippen molar-refractivity contribution >= 4 is 16.8 Å². The van der Waals surface area contributed by atoms with Crippen LogP contribution in [0.3, 0.4) is 0 Å². The molecule has 2 aromatic carbocycles. The molecule has 3 rings (SSSR count). The molecule has 1 aromatic heterocycles. The molecule has 0 unspecified atom stereocenters. The van der Waals surface area contributed by atoms with E-state index in [1.54, 1.807) is 7.11 Å². The summed E-state index contributed by atoms with van der Waals surface area (Å²) in [5, 5.41) is 10.8. The van der Waals surface area contributed by atoms with Crippen LogP contribution < -0.4 is 10.1 Å². The zero-order valence-electron chi connectivity index (χ0n) is 14.3. The topological polar surface area (TPSA) is 76.2 Å². The Labute approximate surface area is 146 Å². The highest BCUT2D eigenvalue weighted by Gasteiger charge is 2.13. The summed E-state index contributed by atoms with van der Waals surface area (Å²) in [6.07, 6.45) is 0. The van der Waals surface area contributed by atoms with Gasteiger partial charge >= 0.3 is 0 Å². The molecule has 3 aromatic rings. The highest BCUT2D eigenvalue weighted by atomic mass is 16.5. The van der Waals surface area contributed by atoms with Gasteiger partial charge in [-0.05, 0) is 36.8 Å². The quantitative estimate of drug-likeness (QED) is 0.649. The molecule has 0 aliphatic heterocycles. The Bertz CT molecular complexity index is 856. The first-order valence-corrected chi connectivity index (χ1v) is 8.11. The number of aromatic nitrogens is 2. The largest absolute Gasteiger partial charge is 0.491 e. The summed E-state index contributed by atoms with van der Waals surface area (Å²) in [4.78, 5) is 12.4. The van der Waals surface area contributed by atoms with Crippen LogP contribution in [-0.2, 0) is 11.3 Å². The van der Waals surface area contributed by atoms with Crippen LogP contribution in [0.25, 0.3) is 10.9 Å². The second kappa shape index (κ2) is 7.81. The maximum Gasteiger partial charge on any atom is 0.272 e. The lowest BCUT2D eigenvalue weighted by atomic mass is 10.1. The Morgan fingerprint density at radius 3 is 2.72 bits per heavy atom. The van der Waals surface area contributed by atoms with Gasteiger partial charge < -0.3 is 14.8 Å². The Balaban J connectivity index is 1.60. The number of fused-ring (bicyclic) bond motifs is 1. The molecule has 0 saturated heterocycles. The number of aromatic amines is 1. The molecule has 0 atom stereocenters. The van der Waals surface area contributed by atoms with Crippen molar-refractivity contribution in [1.29, 1.82) is 0 Å². The standard InChI is InChI=1S/C19H21N3O3/c1-13-3-8-17-16(11-13)18(22-21-17)19(23)20-12-14-4-6-15(7-5-14)25-10-9-24-2/h3-8,11H,9-10,12H2,1-2H3,(H,20,23)(H,21,22). The number of H-pyrrole nitrogens is 1. The molecule has 0 radical (unpaired) electrons. The molecule has 0 bridgehead atoms. The lowest BCUT2D eigenvalue weighted by Crippen LogP contribution is -2.23. The van der Waals surface area contributed by atoms with Crippen molar-refractivity contribution in [2.75, 3.05) is 20.3 Å². The van der Waals surface area contributed by atoms with Gasteiger partial charge in [0, 0.05) is 19.0 Å². The fourth-order valence-electron chi connectivity index (χ4n) is 2.51. The molecule has 1 heterocycles. The molecule has 6 heteroatoms. The summed E-state index contributed by atoms with van der Waals surface area (Å²) in [5.74, 6) is 0.582. The van der Waals surface area contributed by atoms with Crippen LogP contribution in [0.2, 0.25) is 0 Å². The van der Waals surface area contributed by atoms with Crippen molar-refractivity contribution in [2.45, 2.75) is 13.5 Å². The Hall–Kier alpha value is -2.86. The van der Waals surface area contributed by atoms with Gasteiger partial charge in [-0.2, -0.15) is 5.10 Å². The number of hydrogen-bond donors (Lipinski definition) is 2. The van der Waals surface area contributed by atoms with E-state index >= 15 is 0 Å². The van der Waals surface area contributed by atoms with Gasteiger partial charge in [0.15, 0.2) is 5.69 Å². The minimum atomic E-state index is -0.197. The van der Waals surface area contributed by atoms with Gasteiger partial charge in [0.25, 0.3) is 5.91 Å². The lowest BCUT2D eigenvalue weighted by molar-refractivity contribution is 0.0947. The van der Waals surface area contributed by atoms with Gasteiger partial charge in [-0.15, -0.1) is 0 Å². The maximum absolute atomic E-state index is 12.4. The first-order chi connectivity index (χ1) is 12.2. The predicted octanol–water partition coefficient (Wildman–Crippen LogP) is 2.83. The van der Waals surface area contributed by atoms with Crippen LogP contribution in [0.1, 0.15) is 21.6 Å². The van der Waals surface area contributed by atoms with E-state index in [2.05, 4.69) is 15.5 Å². The van der Waals surface area contributed by atoms with Gasteiger partial charge in [-0.25, -0.2) is 0 Å². The highest BCUT2D eigenvalue weighted by Crippen LogP contribution is 2.17. The molecule has 1 amide bonds. The lowest BCUT2D eigenvalue weighted by Gasteiger charge is -2.07. The third-order valence-corrected chi connectivity index (χ3v) is 3.87. The zero-order valence-corrected chi connectivity index (χ0v) is 14.3. The third kappa shape index (κ3) is 4.16. The van der Waals surface area contributed by atoms with Crippen LogP contribution in [0.15, 0.2) is 42.5 Å². The van der Waals surface area contributed by atoms with Gasteiger partial charge in [0.1, 0.15) is 12.4 Å². The number of amides is 1. The number of rotatable bonds is 7. The minimum absolute atomic E-state index is 0.197. The van der Waals surface area contributed by atoms with Crippen molar-refractivity contribution in [1.82, 2.24) is 15.5 Å². The molecular formula is C19H21N3O3. The number of nitrogens with one attached hydrogen (secondary N) is 2. The van der Waals surface area contributed by atoms with E-state index in [0.717, 1.165) is 27.8 Å². The number of nitrogens with zero attached hydrogens (tertiary/aromatic N) is 1. The van der Waals surface area contributed by atoms with E-state index in [1.807, 2.05) is 49.4 Å². The van der Waals surface area contributed by atoms with Crippen molar-refractivity contribution in [2.24, 2.45) is 0 Å². The maximum atomic E-state index is 12.4. The average molecular weight is 339 g/mol. The number of carbonyl (C=O) groups excluding carboxylic acids is 1. The number of carbonyl (C=O) groups is 1. The van der Waals surface area contributed by atoms with Crippen LogP contribution in [0.4, 0.5) is 0 Å². The summed E-state index contributed by atoms with van der Waals surface area (Å²) in [5.41, 5.74) is 3.35. The predicted molar refractivity (Wildman–Crippen MR) is 95.8 cm³/mol. The third-order valence-electron chi connectivity index (χ3n) is 3.87. The SMILES string of the molecule is COCCOc1ccc(CNC(=O)c2n[nH]c3ccc(C)cc23)cc1. The van der Waals surface area contributed by atoms with E-state index in [-0.39, 0.29) is 5.91 Å². The minimum Gasteiger partial charge on any atom is -0.491 e. The van der Waals surface area contributed by atoms with Gasteiger partial charge in [0.05, 0.1) is 12.1 Å². The number of hydrogen-bond acceptors (Lipinski definition) is 4. The first kappa shape index (κ1) is 17.0. The molecule has 25 heavy (non-hydrogen) atoms. The van der Waals surface area contributed by atoms with Crippen LogP contribution in [0.5, 0.6) is 5.75 Å². The fraction of sp³-hybridized carbons (Fsp3) is 0.263. The summed E-state index contributed by atoms with van der Waals surface area (Å²) in [7, 11) is 1.64. The number of ether oxygens (including phenoxy) is 2. The molecule has 0 aliphatic carbocycles. The van der Waals surface area contributed by atoms with E-state index in [1.165, 1.54) is 0 Å². The highest BCUT2D eigenvalue weighted by molar-refractivity contribution is 6.04. The summed E-state index contributed by atoms with van der Waals surface area (Å²) < 4.78 is 10.5. The van der Waals surface area contributed by atoms with E-state index in [9.17, 15) is 4.79 Å². The van der Waals surface area contributed by atoms with Crippen molar-refractivity contribution in [3.63, 3.8) is 0 Å². The van der Waals surface area contributed by atoms with E-state index in [0.29, 0.717) is 25.5 Å². The number of aryl methyl sites for hydroxylation is 1. The second-order valence-electron chi connectivity index (χ2n) is 5.79.